The first-order valence-corrected chi connectivity index (χ1v) is 7.24. The van der Waals surface area contributed by atoms with Gasteiger partial charge in [0.05, 0.1) is 11.3 Å². The minimum atomic E-state index is -1.29. The standard InChI is InChI=1S/C16H9Cl2NO3/c17-16(18)15(22)10-6-5-9-11(12(10)19)14(21)8-4-2-1-3-7(8)13(9)20/h1-6,16H,19H2. The molecule has 0 saturated heterocycles. The molecule has 0 atom stereocenters. The van der Waals surface area contributed by atoms with E-state index in [0.717, 1.165) is 0 Å². The molecule has 110 valence electrons. The zero-order valence-electron chi connectivity index (χ0n) is 11.1. The third-order valence-corrected chi connectivity index (χ3v) is 3.99. The first-order chi connectivity index (χ1) is 10.4. The van der Waals surface area contributed by atoms with Gasteiger partial charge < -0.3 is 5.73 Å². The summed E-state index contributed by atoms with van der Waals surface area (Å²) in [6, 6.07) is 9.26. The summed E-state index contributed by atoms with van der Waals surface area (Å²) in [4.78, 5) is 35.7. The van der Waals surface area contributed by atoms with Crippen LogP contribution in [0.4, 0.5) is 5.69 Å². The van der Waals surface area contributed by atoms with Crippen molar-refractivity contribution in [3.05, 3.63) is 64.2 Å². The molecule has 0 heterocycles. The number of alkyl halides is 2. The Kier molecular flexibility index (Phi) is 3.51. The highest BCUT2D eigenvalue weighted by molar-refractivity contribution is 6.55. The number of carbonyl (C=O) groups excluding carboxylic acids is 3. The largest absolute Gasteiger partial charge is 0.398 e. The summed E-state index contributed by atoms with van der Waals surface area (Å²) in [6.07, 6.45) is 0. The lowest BCUT2D eigenvalue weighted by molar-refractivity contribution is 0.0978. The molecule has 2 aromatic rings. The summed E-state index contributed by atoms with van der Waals surface area (Å²) >= 11 is 11.1. The lowest BCUT2D eigenvalue weighted by Crippen LogP contribution is -2.24. The van der Waals surface area contributed by atoms with E-state index < -0.39 is 16.4 Å². The Hall–Kier alpha value is -2.17. The molecule has 4 nitrogen and oxygen atoms in total. The summed E-state index contributed by atoms with van der Waals surface area (Å²) in [7, 11) is 0. The topological polar surface area (TPSA) is 77.2 Å². The van der Waals surface area contributed by atoms with Gasteiger partial charge in [0, 0.05) is 22.3 Å². The van der Waals surface area contributed by atoms with Gasteiger partial charge in [0.25, 0.3) is 0 Å². The first kappa shape index (κ1) is 14.8. The van der Waals surface area contributed by atoms with E-state index in [1.54, 1.807) is 24.3 Å². The lowest BCUT2D eigenvalue weighted by Gasteiger charge is -2.20. The first-order valence-electron chi connectivity index (χ1n) is 6.36. The van der Waals surface area contributed by atoms with Crippen molar-refractivity contribution in [2.24, 2.45) is 0 Å². The maximum absolute atomic E-state index is 12.6. The number of halogens is 2. The molecule has 0 fully saturated rings. The Balaban J connectivity index is 2.26. The molecule has 0 unspecified atom stereocenters. The van der Waals surface area contributed by atoms with Crippen molar-refractivity contribution in [1.82, 2.24) is 0 Å². The van der Waals surface area contributed by atoms with Crippen molar-refractivity contribution in [2.45, 2.75) is 4.84 Å². The van der Waals surface area contributed by atoms with Gasteiger partial charge in [-0.3, -0.25) is 14.4 Å². The highest BCUT2D eigenvalue weighted by Crippen LogP contribution is 2.33. The number of benzene rings is 2. The molecule has 0 radical (unpaired) electrons. The number of rotatable bonds is 2. The fraction of sp³-hybridized carbons (Fsp3) is 0.0625. The van der Waals surface area contributed by atoms with Crippen molar-refractivity contribution in [1.29, 1.82) is 0 Å². The zero-order valence-corrected chi connectivity index (χ0v) is 12.6. The van der Waals surface area contributed by atoms with E-state index in [0.29, 0.717) is 5.56 Å². The van der Waals surface area contributed by atoms with Crippen LogP contribution in [0.25, 0.3) is 0 Å². The van der Waals surface area contributed by atoms with E-state index in [-0.39, 0.29) is 33.7 Å². The third kappa shape index (κ3) is 2.03. The van der Waals surface area contributed by atoms with Gasteiger partial charge in [0.15, 0.2) is 22.2 Å². The summed E-state index contributed by atoms with van der Waals surface area (Å²) in [5.41, 5.74) is 6.71. The molecule has 6 heteroatoms. The Bertz CT molecular complexity index is 843. The SMILES string of the molecule is Nc1c(C(=O)C(Cl)Cl)ccc2c1C(=O)c1ccccc1C2=O. The second kappa shape index (κ2) is 5.23. The van der Waals surface area contributed by atoms with Crippen molar-refractivity contribution >= 4 is 46.2 Å². The van der Waals surface area contributed by atoms with Crippen LogP contribution in [0.3, 0.4) is 0 Å². The average molecular weight is 334 g/mol. The predicted molar refractivity (Wildman–Crippen MR) is 84.0 cm³/mol. The molecule has 3 rings (SSSR count). The fourth-order valence-corrected chi connectivity index (χ4v) is 2.78. The van der Waals surface area contributed by atoms with Crippen molar-refractivity contribution in [2.75, 3.05) is 5.73 Å². The number of ketones is 3. The molecule has 0 amide bonds. The number of hydrogen-bond acceptors (Lipinski definition) is 4. The van der Waals surface area contributed by atoms with E-state index in [4.69, 9.17) is 28.9 Å². The second-order valence-corrected chi connectivity index (χ2v) is 5.91. The quantitative estimate of drug-likeness (QED) is 0.444. The predicted octanol–water partition coefficient (Wildman–Crippen LogP) is 3.03. The molecule has 1 aliphatic rings. The normalized spacial score (nSPS) is 13.0. The minimum absolute atomic E-state index is 0.0310. The molecule has 0 aromatic heterocycles. The van der Waals surface area contributed by atoms with Crippen LogP contribution in [0.1, 0.15) is 42.2 Å². The van der Waals surface area contributed by atoms with Crippen LogP contribution >= 0.6 is 23.2 Å². The Morgan fingerprint density at radius 2 is 1.50 bits per heavy atom. The molecule has 0 bridgehead atoms. The van der Waals surface area contributed by atoms with E-state index in [1.807, 2.05) is 0 Å². The summed E-state index contributed by atoms with van der Waals surface area (Å²) in [6.45, 7) is 0. The number of anilines is 1. The third-order valence-electron chi connectivity index (χ3n) is 3.60. The van der Waals surface area contributed by atoms with Gasteiger partial charge >= 0.3 is 0 Å². The molecular weight excluding hydrogens is 325 g/mol. The van der Waals surface area contributed by atoms with Crippen molar-refractivity contribution in [3.63, 3.8) is 0 Å². The minimum Gasteiger partial charge on any atom is -0.398 e. The maximum Gasteiger partial charge on any atom is 0.197 e. The van der Waals surface area contributed by atoms with E-state index in [1.165, 1.54) is 12.1 Å². The summed E-state index contributed by atoms with van der Waals surface area (Å²) in [5.74, 6) is -1.30. The number of hydrogen-bond donors (Lipinski definition) is 1. The van der Waals surface area contributed by atoms with Crippen LogP contribution in [0.2, 0.25) is 0 Å². The number of carbonyl (C=O) groups is 3. The molecule has 0 aliphatic heterocycles. The molecule has 22 heavy (non-hydrogen) atoms. The van der Waals surface area contributed by atoms with Gasteiger partial charge in [-0.05, 0) is 12.1 Å². The maximum atomic E-state index is 12.6. The van der Waals surface area contributed by atoms with E-state index in [9.17, 15) is 14.4 Å². The molecule has 2 N–H and O–H groups in total. The number of Topliss-reactive ketones (excluding diaryl/α,β-unsaturated/α-hetero) is 1. The van der Waals surface area contributed by atoms with Gasteiger partial charge in [-0.15, -0.1) is 0 Å². The van der Waals surface area contributed by atoms with Crippen LogP contribution in [-0.2, 0) is 0 Å². The Labute approximate surface area is 135 Å². The van der Waals surface area contributed by atoms with Crippen LogP contribution in [0.15, 0.2) is 36.4 Å². The van der Waals surface area contributed by atoms with Crippen LogP contribution in [-0.4, -0.2) is 22.2 Å². The monoisotopic (exact) mass is 333 g/mol. The highest BCUT2D eigenvalue weighted by atomic mass is 35.5. The molecule has 0 spiro atoms. The average Bonchev–Trinajstić information content (AvgIpc) is 2.51. The summed E-state index contributed by atoms with van der Waals surface area (Å²) < 4.78 is 0. The number of fused-ring (bicyclic) bond motifs is 2. The molecule has 2 aromatic carbocycles. The molecule has 1 aliphatic carbocycles. The van der Waals surface area contributed by atoms with Crippen molar-refractivity contribution in [3.8, 4) is 0 Å². The van der Waals surface area contributed by atoms with E-state index in [2.05, 4.69) is 0 Å². The number of nitrogen functional groups attached to an aromatic ring is 1. The second-order valence-electron chi connectivity index (χ2n) is 4.82. The molecular formula is C16H9Cl2NO3. The van der Waals surface area contributed by atoms with E-state index >= 15 is 0 Å². The van der Waals surface area contributed by atoms with Gasteiger partial charge in [0.2, 0.25) is 0 Å². The zero-order chi connectivity index (χ0) is 16.0. The van der Waals surface area contributed by atoms with Gasteiger partial charge in [-0.25, -0.2) is 0 Å². The smallest absolute Gasteiger partial charge is 0.197 e. The summed E-state index contributed by atoms with van der Waals surface area (Å²) in [5, 5.41) is 0. The lowest BCUT2D eigenvalue weighted by atomic mass is 9.82. The van der Waals surface area contributed by atoms with Gasteiger partial charge in [-0.1, -0.05) is 47.5 Å². The molecule has 0 saturated carbocycles. The Morgan fingerprint density at radius 1 is 0.909 bits per heavy atom. The van der Waals surface area contributed by atoms with Gasteiger partial charge in [-0.2, -0.15) is 0 Å². The number of nitrogens with two attached hydrogens (primary N) is 1. The van der Waals surface area contributed by atoms with Crippen LogP contribution < -0.4 is 5.73 Å². The fourth-order valence-electron chi connectivity index (χ4n) is 2.54. The van der Waals surface area contributed by atoms with Gasteiger partial charge in [0.1, 0.15) is 0 Å². The van der Waals surface area contributed by atoms with Crippen LogP contribution in [0.5, 0.6) is 0 Å². The van der Waals surface area contributed by atoms with Crippen molar-refractivity contribution < 1.29 is 14.4 Å². The highest BCUT2D eigenvalue weighted by Gasteiger charge is 2.33. The van der Waals surface area contributed by atoms with Crippen LogP contribution in [0, 0.1) is 0 Å². The Morgan fingerprint density at radius 3 is 2.09 bits per heavy atom.